The third kappa shape index (κ3) is 4.15. The number of nitrogens with two attached hydrogens (primary N) is 1. The van der Waals surface area contributed by atoms with Gasteiger partial charge < -0.3 is 20.9 Å². The van der Waals surface area contributed by atoms with Crippen molar-refractivity contribution in [3.63, 3.8) is 0 Å². The van der Waals surface area contributed by atoms with Gasteiger partial charge in [-0.15, -0.1) is 0 Å². The Kier molecular flexibility index (Phi) is 5.82. The van der Waals surface area contributed by atoms with Crippen molar-refractivity contribution in [1.82, 2.24) is 10.3 Å². The summed E-state index contributed by atoms with van der Waals surface area (Å²) in [4.78, 5) is 4.42. The van der Waals surface area contributed by atoms with Crippen LogP contribution in [0.15, 0.2) is 24.3 Å². The summed E-state index contributed by atoms with van der Waals surface area (Å²) in [6.45, 7) is 6.48. The van der Waals surface area contributed by atoms with Crippen molar-refractivity contribution < 1.29 is 9.84 Å². The predicted molar refractivity (Wildman–Crippen MR) is 106 cm³/mol. The number of aromatic nitrogens is 1. The van der Waals surface area contributed by atoms with Crippen molar-refractivity contribution in [2.75, 3.05) is 25.4 Å². The molecule has 27 heavy (non-hydrogen) atoms. The summed E-state index contributed by atoms with van der Waals surface area (Å²) >= 11 is 0. The minimum absolute atomic E-state index is 0.0872. The van der Waals surface area contributed by atoms with Crippen LogP contribution in [-0.2, 0) is 0 Å². The lowest BCUT2D eigenvalue weighted by atomic mass is 9.86. The van der Waals surface area contributed by atoms with E-state index in [0.717, 1.165) is 31.5 Å². The molecule has 1 aromatic carbocycles. The first-order valence-electron chi connectivity index (χ1n) is 9.37. The standard InChI is InChI=1S/C21H26N4O2/c1-13(2)12-27-19-5-3-4-18(26)20(19)17-10-15(14-6-8-24-9-7-14)16(11-22)21(23)25-17/h3-5,10,13-14,24,26H,6-9,12H2,1-2H3,(H2,23,25). The Labute approximate surface area is 160 Å². The summed E-state index contributed by atoms with van der Waals surface area (Å²) in [7, 11) is 0. The number of ether oxygens (including phenoxy) is 1. The smallest absolute Gasteiger partial charge is 0.142 e. The van der Waals surface area contributed by atoms with Gasteiger partial charge in [0.2, 0.25) is 0 Å². The Balaban J connectivity index is 2.10. The van der Waals surface area contributed by atoms with Gasteiger partial charge in [0.25, 0.3) is 0 Å². The molecule has 0 saturated carbocycles. The maximum Gasteiger partial charge on any atom is 0.142 e. The van der Waals surface area contributed by atoms with Crippen LogP contribution in [0, 0.1) is 17.2 Å². The number of hydrogen-bond acceptors (Lipinski definition) is 6. The molecule has 1 aliphatic heterocycles. The summed E-state index contributed by atoms with van der Waals surface area (Å²) in [5.74, 6) is 1.45. The van der Waals surface area contributed by atoms with E-state index in [9.17, 15) is 10.4 Å². The number of phenols is 1. The molecular weight excluding hydrogens is 340 g/mol. The minimum atomic E-state index is 0.0872. The molecular formula is C21H26N4O2. The van der Waals surface area contributed by atoms with E-state index in [2.05, 4.69) is 30.2 Å². The van der Waals surface area contributed by atoms with Crippen LogP contribution in [-0.4, -0.2) is 29.8 Å². The van der Waals surface area contributed by atoms with Crippen molar-refractivity contribution >= 4 is 5.82 Å². The van der Waals surface area contributed by atoms with Crippen LogP contribution in [0.1, 0.15) is 43.7 Å². The van der Waals surface area contributed by atoms with E-state index >= 15 is 0 Å². The predicted octanol–water partition coefficient (Wildman–Crippen LogP) is 3.41. The van der Waals surface area contributed by atoms with E-state index in [1.807, 2.05) is 12.1 Å². The van der Waals surface area contributed by atoms with Crippen molar-refractivity contribution in [3.05, 3.63) is 35.4 Å². The summed E-state index contributed by atoms with van der Waals surface area (Å²) in [5.41, 5.74) is 8.52. The van der Waals surface area contributed by atoms with Crippen LogP contribution in [0.3, 0.4) is 0 Å². The van der Waals surface area contributed by atoms with Crippen LogP contribution in [0.2, 0.25) is 0 Å². The number of phenolic OH excluding ortho intramolecular Hbond substituents is 1. The van der Waals surface area contributed by atoms with E-state index < -0.39 is 0 Å². The normalized spacial score (nSPS) is 14.9. The van der Waals surface area contributed by atoms with Gasteiger partial charge in [-0.2, -0.15) is 5.26 Å². The van der Waals surface area contributed by atoms with E-state index in [0.29, 0.717) is 35.1 Å². The van der Waals surface area contributed by atoms with Gasteiger partial charge in [-0.1, -0.05) is 19.9 Å². The zero-order valence-electron chi connectivity index (χ0n) is 15.8. The molecule has 2 aromatic rings. The molecule has 0 radical (unpaired) electrons. The Hall–Kier alpha value is -2.78. The van der Waals surface area contributed by atoms with Crippen molar-refractivity contribution in [1.29, 1.82) is 5.26 Å². The third-order valence-corrected chi connectivity index (χ3v) is 4.80. The second-order valence-electron chi connectivity index (χ2n) is 7.35. The SMILES string of the molecule is CC(C)COc1cccc(O)c1-c1cc(C2CCNCC2)c(C#N)c(N)n1. The molecule has 1 aliphatic rings. The first-order chi connectivity index (χ1) is 13.0. The maximum atomic E-state index is 10.5. The number of pyridine rings is 1. The number of aromatic hydroxyl groups is 1. The quantitative estimate of drug-likeness (QED) is 0.749. The second-order valence-corrected chi connectivity index (χ2v) is 7.35. The number of rotatable bonds is 5. The third-order valence-electron chi connectivity index (χ3n) is 4.80. The molecule has 3 rings (SSSR count). The molecule has 0 amide bonds. The average molecular weight is 366 g/mol. The topological polar surface area (TPSA) is 104 Å². The molecule has 0 bridgehead atoms. The highest BCUT2D eigenvalue weighted by molar-refractivity contribution is 5.76. The van der Waals surface area contributed by atoms with Gasteiger partial charge in [0.1, 0.15) is 23.4 Å². The maximum absolute atomic E-state index is 10.5. The zero-order chi connectivity index (χ0) is 19.4. The number of anilines is 1. The Morgan fingerprint density at radius 3 is 2.78 bits per heavy atom. The molecule has 2 heterocycles. The molecule has 1 aromatic heterocycles. The lowest BCUT2D eigenvalue weighted by Gasteiger charge is -2.25. The average Bonchev–Trinajstić information content (AvgIpc) is 2.66. The number of nitrogens with one attached hydrogen (secondary N) is 1. The van der Waals surface area contributed by atoms with Crippen LogP contribution < -0.4 is 15.8 Å². The number of nitriles is 1. The van der Waals surface area contributed by atoms with Gasteiger partial charge in [0.15, 0.2) is 0 Å². The number of nitrogens with zero attached hydrogens (tertiary/aromatic N) is 2. The highest BCUT2D eigenvalue weighted by Gasteiger charge is 2.23. The number of hydrogen-bond donors (Lipinski definition) is 3. The highest BCUT2D eigenvalue weighted by Crippen LogP contribution is 2.40. The van der Waals surface area contributed by atoms with Crippen molar-refractivity contribution in [3.8, 4) is 28.8 Å². The van der Waals surface area contributed by atoms with Crippen molar-refractivity contribution in [2.45, 2.75) is 32.6 Å². The molecule has 0 aliphatic carbocycles. The molecule has 0 atom stereocenters. The minimum Gasteiger partial charge on any atom is -0.507 e. The van der Waals surface area contributed by atoms with Crippen molar-refractivity contribution in [2.24, 2.45) is 5.92 Å². The van der Waals surface area contributed by atoms with E-state index in [4.69, 9.17) is 10.5 Å². The Morgan fingerprint density at radius 2 is 2.11 bits per heavy atom. The molecule has 142 valence electrons. The fourth-order valence-corrected chi connectivity index (χ4v) is 3.44. The Bertz CT molecular complexity index is 852. The highest BCUT2D eigenvalue weighted by atomic mass is 16.5. The molecule has 1 saturated heterocycles. The van der Waals surface area contributed by atoms with Gasteiger partial charge in [-0.05, 0) is 61.5 Å². The molecule has 6 heteroatoms. The van der Waals surface area contributed by atoms with E-state index in [1.165, 1.54) is 0 Å². The summed E-state index contributed by atoms with van der Waals surface area (Å²) in [5, 5.41) is 23.4. The first-order valence-corrected chi connectivity index (χ1v) is 9.37. The monoisotopic (exact) mass is 366 g/mol. The fourth-order valence-electron chi connectivity index (χ4n) is 3.44. The van der Waals surface area contributed by atoms with Crippen LogP contribution in [0.4, 0.5) is 5.82 Å². The van der Waals surface area contributed by atoms with Crippen LogP contribution in [0.25, 0.3) is 11.3 Å². The fraction of sp³-hybridized carbons (Fsp3) is 0.429. The Morgan fingerprint density at radius 1 is 1.37 bits per heavy atom. The summed E-state index contributed by atoms with van der Waals surface area (Å²) in [6, 6.07) is 9.27. The molecule has 0 spiro atoms. The second kappa shape index (κ2) is 8.28. The molecule has 6 nitrogen and oxygen atoms in total. The first kappa shape index (κ1) is 19.0. The molecule has 4 N–H and O–H groups in total. The lowest BCUT2D eigenvalue weighted by molar-refractivity contribution is 0.271. The number of nitrogen functional groups attached to an aromatic ring is 1. The number of benzene rings is 1. The molecule has 1 fully saturated rings. The van der Waals surface area contributed by atoms with Crippen LogP contribution >= 0.6 is 0 Å². The number of piperidine rings is 1. The van der Waals surface area contributed by atoms with E-state index in [-0.39, 0.29) is 17.5 Å². The van der Waals surface area contributed by atoms with Crippen LogP contribution in [0.5, 0.6) is 11.5 Å². The van der Waals surface area contributed by atoms with Gasteiger partial charge in [-0.3, -0.25) is 0 Å². The zero-order valence-corrected chi connectivity index (χ0v) is 15.8. The van der Waals surface area contributed by atoms with Gasteiger partial charge in [0.05, 0.1) is 23.4 Å². The summed E-state index contributed by atoms with van der Waals surface area (Å²) in [6.07, 6.45) is 1.88. The van der Waals surface area contributed by atoms with E-state index in [1.54, 1.807) is 12.1 Å². The van der Waals surface area contributed by atoms with Gasteiger partial charge in [-0.25, -0.2) is 4.98 Å². The van der Waals surface area contributed by atoms with Gasteiger partial charge in [0, 0.05) is 0 Å². The molecule has 0 unspecified atom stereocenters. The summed E-state index contributed by atoms with van der Waals surface area (Å²) < 4.78 is 5.90. The largest absolute Gasteiger partial charge is 0.507 e. The lowest BCUT2D eigenvalue weighted by Crippen LogP contribution is -2.27. The van der Waals surface area contributed by atoms with Gasteiger partial charge >= 0.3 is 0 Å².